The first-order chi connectivity index (χ1) is 4.74. The third-order valence-electron chi connectivity index (χ3n) is 1.33. The highest BCUT2D eigenvalue weighted by Gasteiger charge is 2.06. The van der Waals surface area contributed by atoms with Crippen molar-refractivity contribution in [2.24, 2.45) is 0 Å². The first-order valence-electron chi connectivity index (χ1n) is 3.33. The minimum atomic E-state index is 0.264. The van der Waals surface area contributed by atoms with Crippen LogP contribution in [0.1, 0.15) is 30.1 Å². The molecule has 0 amide bonds. The van der Waals surface area contributed by atoms with E-state index in [2.05, 4.69) is 28.0 Å². The fourth-order valence-corrected chi connectivity index (χ4v) is 0.898. The largest absolute Gasteiger partial charge is 0.360 e. The molecule has 3 heteroatoms. The van der Waals surface area contributed by atoms with Crippen molar-refractivity contribution in [3.05, 3.63) is 17.5 Å². The van der Waals surface area contributed by atoms with Crippen molar-refractivity contribution in [1.29, 1.82) is 0 Å². The average Bonchev–Trinajstić information content (AvgIpc) is 2.34. The van der Waals surface area contributed by atoms with Crippen LogP contribution in [0.3, 0.4) is 0 Å². The van der Waals surface area contributed by atoms with Gasteiger partial charge in [-0.25, -0.2) is 0 Å². The van der Waals surface area contributed by atoms with Crippen LogP contribution in [-0.4, -0.2) is 5.16 Å². The van der Waals surface area contributed by atoms with Gasteiger partial charge in [0.25, 0.3) is 0 Å². The van der Waals surface area contributed by atoms with Gasteiger partial charge in [0.2, 0.25) is 0 Å². The normalized spacial score (nSPS) is 13.5. The Balaban J connectivity index is 2.78. The molecule has 1 aromatic rings. The van der Waals surface area contributed by atoms with E-state index in [1.54, 1.807) is 0 Å². The van der Waals surface area contributed by atoms with Crippen LogP contribution in [-0.2, 0) is 6.42 Å². The molecule has 2 nitrogen and oxygen atoms in total. The van der Waals surface area contributed by atoms with Crippen LogP contribution in [0, 0.1) is 0 Å². The molecule has 0 spiro atoms. The zero-order chi connectivity index (χ0) is 7.56. The summed E-state index contributed by atoms with van der Waals surface area (Å²) in [6.07, 6.45) is 0.934. The van der Waals surface area contributed by atoms with Gasteiger partial charge in [0.05, 0.1) is 10.5 Å². The lowest BCUT2D eigenvalue weighted by molar-refractivity contribution is 0.380. The molecule has 1 rings (SSSR count). The van der Waals surface area contributed by atoms with Crippen LogP contribution in [0.25, 0.3) is 0 Å². The summed E-state index contributed by atoms with van der Waals surface area (Å²) in [6, 6.07) is 1.97. The zero-order valence-electron chi connectivity index (χ0n) is 6.10. The predicted molar refractivity (Wildman–Crippen MR) is 43.2 cm³/mol. The van der Waals surface area contributed by atoms with E-state index in [0.29, 0.717) is 0 Å². The maximum absolute atomic E-state index is 5.02. The van der Waals surface area contributed by atoms with E-state index >= 15 is 0 Å². The first-order valence-corrected chi connectivity index (χ1v) is 4.25. The molecule has 0 aliphatic carbocycles. The van der Waals surface area contributed by atoms with Crippen LogP contribution < -0.4 is 0 Å². The second-order valence-electron chi connectivity index (χ2n) is 2.19. The first kappa shape index (κ1) is 7.79. The smallest absolute Gasteiger partial charge is 0.150 e. The highest BCUT2D eigenvalue weighted by atomic mass is 79.9. The second-order valence-corrected chi connectivity index (χ2v) is 3.56. The molecule has 0 aliphatic heterocycles. The summed E-state index contributed by atoms with van der Waals surface area (Å²) >= 11 is 3.39. The van der Waals surface area contributed by atoms with Gasteiger partial charge in [-0.1, -0.05) is 28.0 Å². The summed E-state index contributed by atoms with van der Waals surface area (Å²) in [6.45, 7) is 4.07. The van der Waals surface area contributed by atoms with E-state index in [0.717, 1.165) is 17.9 Å². The van der Waals surface area contributed by atoms with Gasteiger partial charge >= 0.3 is 0 Å². The molecule has 1 unspecified atom stereocenters. The molecule has 1 aromatic heterocycles. The van der Waals surface area contributed by atoms with Crippen LogP contribution in [0.2, 0.25) is 0 Å². The van der Waals surface area contributed by atoms with Gasteiger partial charge in [0, 0.05) is 6.07 Å². The number of alkyl halides is 1. The summed E-state index contributed by atoms with van der Waals surface area (Å²) < 4.78 is 5.02. The van der Waals surface area contributed by atoms with E-state index < -0.39 is 0 Å². The molecule has 0 bridgehead atoms. The Kier molecular flexibility index (Phi) is 2.49. The second kappa shape index (κ2) is 3.19. The van der Waals surface area contributed by atoms with E-state index in [1.807, 2.05) is 13.0 Å². The fraction of sp³-hybridized carbons (Fsp3) is 0.571. The highest BCUT2D eigenvalue weighted by Crippen LogP contribution is 2.21. The van der Waals surface area contributed by atoms with E-state index in [9.17, 15) is 0 Å². The van der Waals surface area contributed by atoms with Crippen LogP contribution in [0.15, 0.2) is 10.6 Å². The van der Waals surface area contributed by atoms with Crippen molar-refractivity contribution in [2.45, 2.75) is 25.1 Å². The zero-order valence-corrected chi connectivity index (χ0v) is 7.68. The van der Waals surface area contributed by atoms with Crippen molar-refractivity contribution in [3.8, 4) is 0 Å². The average molecular weight is 204 g/mol. The van der Waals surface area contributed by atoms with Crippen molar-refractivity contribution in [3.63, 3.8) is 0 Å². The molecule has 0 N–H and O–H groups in total. The molecule has 1 atom stereocenters. The molecular weight excluding hydrogens is 194 g/mol. The van der Waals surface area contributed by atoms with Crippen molar-refractivity contribution >= 4 is 15.9 Å². The monoisotopic (exact) mass is 203 g/mol. The van der Waals surface area contributed by atoms with Crippen molar-refractivity contribution in [1.82, 2.24) is 5.16 Å². The molecule has 0 fully saturated rings. The minimum absolute atomic E-state index is 0.264. The summed E-state index contributed by atoms with van der Waals surface area (Å²) in [7, 11) is 0. The summed E-state index contributed by atoms with van der Waals surface area (Å²) in [4.78, 5) is 0.264. The number of hydrogen-bond acceptors (Lipinski definition) is 2. The number of halogens is 1. The predicted octanol–water partition coefficient (Wildman–Crippen LogP) is 2.69. The van der Waals surface area contributed by atoms with Gasteiger partial charge < -0.3 is 4.52 Å². The summed E-state index contributed by atoms with van der Waals surface area (Å²) in [5.41, 5.74) is 1.02. The Morgan fingerprint density at radius 1 is 1.80 bits per heavy atom. The molecular formula is C7H10BrNO. The van der Waals surface area contributed by atoms with E-state index in [4.69, 9.17) is 4.52 Å². The number of nitrogens with zero attached hydrogens (tertiary/aromatic N) is 1. The molecule has 10 heavy (non-hydrogen) atoms. The Morgan fingerprint density at radius 2 is 2.50 bits per heavy atom. The molecule has 0 saturated heterocycles. The number of rotatable bonds is 2. The maximum atomic E-state index is 5.02. The lowest BCUT2D eigenvalue weighted by Crippen LogP contribution is -1.76. The maximum Gasteiger partial charge on any atom is 0.150 e. The topological polar surface area (TPSA) is 26.0 Å². The van der Waals surface area contributed by atoms with Gasteiger partial charge in [0.15, 0.2) is 0 Å². The quantitative estimate of drug-likeness (QED) is 0.692. The van der Waals surface area contributed by atoms with Crippen LogP contribution in [0.4, 0.5) is 0 Å². The highest BCUT2D eigenvalue weighted by molar-refractivity contribution is 9.09. The Labute approximate surface area is 68.7 Å². The third-order valence-corrected chi connectivity index (χ3v) is 1.78. The standard InChI is InChI=1S/C7H10BrNO/c1-3-6-4-7(5(2)8)10-9-6/h4-5H,3H2,1-2H3. The summed E-state index contributed by atoms with van der Waals surface area (Å²) in [5.74, 6) is 0.900. The lowest BCUT2D eigenvalue weighted by atomic mass is 10.3. The molecule has 0 radical (unpaired) electrons. The Bertz CT molecular complexity index is 207. The SMILES string of the molecule is CCc1cc(C(C)Br)on1. The van der Waals surface area contributed by atoms with Crippen LogP contribution >= 0.6 is 15.9 Å². The van der Waals surface area contributed by atoms with E-state index in [-0.39, 0.29) is 4.83 Å². The van der Waals surface area contributed by atoms with Crippen molar-refractivity contribution in [2.75, 3.05) is 0 Å². The number of aryl methyl sites for hydroxylation is 1. The fourth-order valence-electron chi connectivity index (χ4n) is 0.682. The van der Waals surface area contributed by atoms with Gasteiger partial charge in [-0.2, -0.15) is 0 Å². The molecule has 0 aromatic carbocycles. The molecule has 0 aliphatic rings. The number of aromatic nitrogens is 1. The molecule has 1 heterocycles. The minimum Gasteiger partial charge on any atom is -0.360 e. The van der Waals surface area contributed by atoms with Gasteiger partial charge in [-0.15, -0.1) is 0 Å². The third kappa shape index (κ3) is 1.59. The Hall–Kier alpha value is -0.310. The van der Waals surface area contributed by atoms with Gasteiger partial charge in [-0.05, 0) is 13.3 Å². The van der Waals surface area contributed by atoms with Gasteiger partial charge in [0.1, 0.15) is 5.76 Å². The summed E-state index contributed by atoms with van der Waals surface area (Å²) in [5, 5.41) is 3.85. The van der Waals surface area contributed by atoms with Crippen LogP contribution in [0.5, 0.6) is 0 Å². The molecule has 0 saturated carbocycles. The molecule has 56 valence electrons. The number of hydrogen-bond donors (Lipinski definition) is 0. The van der Waals surface area contributed by atoms with E-state index in [1.165, 1.54) is 0 Å². The van der Waals surface area contributed by atoms with Crippen molar-refractivity contribution < 1.29 is 4.52 Å². The van der Waals surface area contributed by atoms with Gasteiger partial charge in [-0.3, -0.25) is 0 Å². The lowest BCUT2D eigenvalue weighted by Gasteiger charge is -1.90. The Morgan fingerprint density at radius 3 is 2.80 bits per heavy atom.